The Kier molecular flexibility index (Phi) is 4.89. The molecular weight excluding hydrogens is 279 g/mol. The van der Waals surface area contributed by atoms with Gasteiger partial charge in [0.2, 0.25) is 0 Å². The third kappa shape index (κ3) is 3.90. The van der Waals surface area contributed by atoms with E-state index in [2.05, 4.69) is 20.7 Å². The molecular formula is C11H12BrFO3. The molecule has 0 fully saturated rings. The predicted molar refractivity (Wildman–Crippen MR) is 60.4 cm³/mol. The van der Waals surface area contributed by atoms with E-state index >= 15 is 0 Å². The Morgan fingerprint density at radius 2 is 2.25 bits per heavy atom. The van der Waals surface area contributed by atoms with Crippen molar-refractivity contribution in [2.24, 2.45) is 0 Å². The summed E-state index contributed by atoms with van der Waals surface area (Å²) in [6.07, 6.45) is -1.22. The summed E-state index contributed by atoms with van der Waals surface area (Å²) in [6.45, 7) is 1.87. The summed E-state index contributed by atoms with van der Waals surface area (Å²) in [5.41, 5.74) is 0.535. The maximum absolute atomic E-state index is 13.0. The van der Waals surface area contributed by atoms with Crippen LogP contribution in [0.1, 0.15) is 12.5 Å². The Hall–Kier alpha value is -0.940. The SMILES string of the molecule is CCOC(=O)C(O)Cc1cc(F)cc(Br)c1. The second-order valence-electron chi connectivity index (χ2n) is 3.25. The van der Waals surface area contributed by atoms with Crippen molar-refractivity contribution in [3.05, 3.63) is 34.1 Å². The summed E-state index contributed by atoms with van der Waals surface area (Å²) < 4.78 is 18.2. The monoisotopic (exact) mass is 290 g/mol. The lowest BCUT2D eigenvalue weighted by Gasteiger charge is -2.09. The van der Waals surface area contributed by atoms with E-state index in [0.29, 0.717) is 10.0 Å². The summed E-state index contributed by atoms with van der Waals surface area (Å²) in [7, 11) is 0. The zero-order valence-electron chi connectivity index (χ0n) is 8.74. The van der Waals surface area contributed by atoms with Gasteiger partial charge in [0.25, 0.3) is 0 Å². The Morgan fingerprint density at radius 3 is 2.81 bits per heavy atom. The van der Waals surface area contributed by atoms with Gasteiger partial charge < -0.3 is 9.84 Å². The van der Waals surface area contributed by atoms with Gasteiger partial charge in [0, 0.05) is 10.9 Å². The molecule has 1 aromatic rings. The summed E-state index contributed by atoms with van der Waals surface area (Å²) in [5.74, 6) is -1.11. The topological polar surface area (TPSA) is 46.5 Å². The summed E-state index contributed by atoms with van der Waals surface area (Å²) in [6, 6.07) is 4.22. The molecule has 0 heterocycles. The lowest BCUT2D eigenvalue weighted by Crippen LogP contribution is -2.25. The van der Waals surface area contributed by atoms with E-state index in [1.165, 1.54) is 12.1 Å². The van der Waals surface area contributed by atoms with Crippen molar-refractivity contribution in [3.63, 3.8) is 0 Å². The highest BCUT2D eigenvalue weighted by atomic mass is 79.9. The van der Waals surface area contributed by atoms with Gasteiger partial charge in [-0.15, -0.1) is 0 Å². The van der Waals surface area contributed by atoms with Crippen LogP contribution in [0, 0.1) is 5.82 Å². The smallest absolute Gasteiger partial charge is 0.335 e. The van der Waals surface area contributed by atoms with Crippen LogP contribution in [0.5, 0.6) is 0 Å². The van der Waals surface area contributed by atoms with Crippen LogP contribution in [0.25, 0.3) is 0 Å². The molecule has 0 amide bonds. The number of ether oxygens (including phenoxy) is 1. The highest BCUT2D eigenvalue weighted by molar-refractivity contribution is 9.10. The first-order valence-electron chi connectivity index (χ1n) is 4.82. The van der Waals surface area contributed by atoms with Gasteiger partial charge in [-0.2, -0.15) is 0 Å². The summed E-state index contributed by atoms with van der Waals surface area (Å²) >= 11 is 3.13. The first-order valence-corrected chi connectivity index (χ1v) is 5.62. The lowest BCUT2D eigenvalue weighted by molar-refractivity contribution is -0.152. The Bertz CT molecular complexity index is 361. The largest absolute Gasteiger partial charge is 0.464 e. The minimum Gasteiger partial charge on any atom is -0.464 e. The van der Waals surface area contributed by atoms with Crippen LogP contribution in [0.4, 0.5) is 4.39 Å². The van der Waals surface area contributed by atoms with Crippen molar-refractivity contribution in [1.82, 2.24) is 0 Å². The maximum atomic E-state index is 13.0. The minimum atomic E-state index is -1.26. The van der Waals surface area contributed by atoms with Crippen molar-refractivity contribution in [3.8, 4) is 0 Å². The van der Waals surface area contributed by atoms with E-state index in [9.17, 15) is 14.3 Å². The fourth-order valence-corrected chi connectivity index (χ4v) is 1.79. The molecule has 88 valence electrons. The number of benzene rings is 1. The molecule has 0 aliphatic heterocycles. The molecule has 1 aromatic carbocycles. The van der Waals surface area contributed by atoms with Crippen LogP contribution in [-0.4, -0.2) is 23.8 Å². The number of aliphatic hydroxyl groups is 1. The second kappa shape index (κ2) is 5.96. The zero-order chi connectivity index (χ0) is 12.1. The molecule has 5 heteroatoms. The van der Waals surface area contributed by atoms with Crippen molar-refractivity contribution in [2.75, 3.05) is 6.61 Å². The molecule has 0 saturated heterocycles. The molecule has 0 saturated carbocycles. The molecule has 16 heavy (non-hydrogen) atoms. The number of esters is 1. The first kappa shape index (κ1) is 13.1. The molecule has 1 atom stereocenters. The normalized spacial score (nSPS) is 12.2. The third-order valence-corrected chi connectivity index (χ3v) is 2.37. The van der Waals surface area contributed by atoms with Gasteiger partial charge in [-0.3, -0.25) is 0 Å². The van der Waals surface area contributed by atoms with E-state index < -0.39 is 17.9 Å². The van der Waals surface area contributed by atoms with E-state index in [1.807, 2.05) is 0 Å². The van der Waals surface area contributed by atoms with Crippen LogP contribution in [0.3, 0.4) is 0 Å². The molecule has 0 aromatic heterocycles. The van der Waals surface area contributed by atoms with E-state index in [-0.39, 0.29) is 13.0 Å². The van der Waals surface area contributed by atoms with E-state index in [1.54, 1.807) is 13.0 Å². The second-order valence-corrected chi connectivity index (χ2v) is 4.17. The standard InChI is InChI=1S/C11H12BrFO3/c1-2-16-11(15)10(14)5-7-3-8(12)6-9(13)4-7/h3-4,6,10,14H,2,5H2,1H3. The van der Waals surface area contributed by atoms with Gasteiger partial charge in [0.05, 0.1) is 6.61 Å². The maximum Gasteiger partial charge on any atom is 0.335 e. The molecule has 0 bridgehead atoms. The van der Waals surface area contributed by atoms with Crippen LogP contribution >= 0.6 is 15.9 Å². The summed E-state index contributed by atoms with van der Waals surface area (Å²) in [4.78, 5) is 11.1. The number of aliphatic hydroxyl groups excluding tert-OH is 1. The van der Waals surface area contributed by atoms with Gasteiger partial charge in [-0.25, -0.2) is 9.18 Å². The molecule has 0 aliphatic rings. The quantitative estimate of drug-likeness (QED) is 0.864. The van der Waals surface area contributed by atoms with Crippen LogP contribution in [0.2, 0.25) is 0 Å². The van der Waals surface area contributed by atoms with Crippen molar-refractivity contribution >= 4 is 21.9 Å². The Morgan fingerprint density at radius 1 is 1.56 bits per heavy atom. The van der Waals surface area contributed by atoms with Gasteiger partial charge in [0.1, 0.15) is 5.82 Å². The predicted octanol–water partition coefficient (Wildman–Crippen LogP) is 2.05. The lowest BCUT2D eigenvalue weighted by atomic mass is 10.1. The number of hydrogen-bond donors (Lipinski definition) is 1. The number of carbonyl (C=O) groups is 1. The molecule has 0 spiro atoms. The van der Waals surface area contributed by atoms with Crippen molar-refractivity contribution < 1.29 is 19.0 Å². The first-order chi connectivity index (χ1) is 7.52. The zero-order valence-corrected chi connectivity index (χ0v) is 10.3. The third-order valence-electron chi connectivity index (χ3n) is 1.91. The molecule has 0 aliphatic carbocycles. The molecule has 1 N–H and O–H groups in total. The van der Waals surface area contributed by atoms with Gasteiger partial charge in [-0.1, -0.05) is 15.9 Å². The Balaban J connectivity index is 2.69. The number of hydrogen-bond acceptors (Lipinski definition) is 3. The summed E-state index contributed by atoms with van der Waals surface area (Å²) in [5, 5.41) is 9.47. The van der Waals surface area contributed by atoms with Crippen LogP contribution < -0.4 is 0 Å². The highest BCUT2D eigenvalue weighted by Gasteiger charge is 2.17. The fraction of sp³-hybridized carbons (Fsp3) is 0.364. The number of halogens is 2. The number of carbonyl (C=O) groups excluding carboxylic acids is 1. The van der Waals surface area contributed by atoms with E-state index in [4.69, 9.17) is 0 Å². The van der Waals surface area contributed by atoms with Crippen molar-refractivity contribution in [2.45, 2.75) is 19.4 Å². The average Bonchev–Trinajstić information content (AvgIpc) is 2.16. The van der Waals surface area contributed by atoms with Crippen LogP contribution in [0.15, 0.2) is 22.7 Å². The Labute approximate surface area is 101 Å². The molecule has 1 rings (SSSR count). The minimum absolute atomic E-state index is 0.0369. The number of rotatable bonds is 4. The molecule has 0 radical (unpaired) electrons. The van der Waals surface area contributed by atoms with Gasteiger partial charge >= 0.3 is 5.97 Å². The van der Waals surface area contributed by atoms with Gasteiger partial charge in [0.15, 0.2) is 6.10 Å². The molecule has 3 nitrogen and oxygen atoms in total. The molecule has 1 unspecified atom stereocenters. The van der Waals surface area contributed by atoms with Gasteiger partial charge in [-0.05, 0) is 30.7 Å². The van der Waals surface area contributed by atoms with Crippen molar-refractivity contribution in [1.29, 1.82) is 0 Å². The average molecular weight is 291 g/mol. The van der Waals surface area contributed by atoms with E-state index in [0.717, 1.165) is 0 Å². The van der Waals surface area contributed by atoms with Crippen LogP contribution in [-0.2, 0) is 16.0 Å². The fourth-order valence-electron chi connectivity index (χ4n) is 1.27. The highest BCUT2D eigenvalue weighted by Crippen LogP contribution is 2.16.